The molecular weight excluding hydrogens is 255 g/mol. The Balaban J connectivity index is 2.54. The fourth-order valence-corrected chi connectivity index (χ4v) is 1.90. The monoisotopic (exact) mass is 260 g/mol. The molecule has 1 aromatic carbocycles. The van der Waals surface area contributed by atoms with Crippen LogP contribution < -0.4 is 4.74 Å². The van der Waals surface area contributed by atoms with Crippen molar-refractivity contribution in [2.24, 2.45) is 0 Å². The van der Waals surface area contributed by atoms with Crippen molar-refractivity contribution in [3.63, 3.8) is 0 Å². The van der Waals surface area contributed by atoms with Gasteiger partial charge in [-0.3, -0.25) is 4.79 Å². The number of hydrogen-bond donors (Lipinski definition) is 1. The summed E-state index contributed by atoms with van der Waals surface area (Å²) in [6, 6.07) is 2.83. The van der Waals surface area contributed by atoms with E-state index in [9.17, 15) is 9.18 Å². The molecule has 0 saturated carbocycles. The van der Waals surface area contributed by atoms with E-state index in [-0.39, 0.29) is 12.4 Å². The number of aliphatic carboxylic acids is 1. The molecule has 1 N–H and O–H groups in total. The van der Waals surface area contributed by atoms with Crippen LogP contribution in [0.4, 0.5) is 4.39 Å². The standard InChI is InChI=1S/C9H6BrFO3/c10-4-1-5-6(9(12)13)3-14-8(5)7(11)2-4/h1-2,6H,3H2,(H,12,13). The highest BCUT2D eigenvalue weighted by atomic mass is 79.9. The Bertz CT molecular complexity index is 405. The van der Waals surface area contributed by atoms with Gasteiger partial charge in [-0.25, -0.2) is 4.39 Å². The molecule has 0 amide bonds. The van der Waals surface area contributed by atoms with Crippen molar-refractivity contribution in [1.29, 1.82) is 0 Å². The lowest BCUT2D eigenvalue weighted by atomic mass is 10.0. The lowest BCUT2D eigenvalue weighted by Crippen LogP contribution is -2.12. The number of benzene rings is 1. The van der Waals surface area contributed by atoms with Gasteiger partial charge in [-0.05, 0) is 12.1 Å². The van der Waals surface area contributed by atoms with E-state index in [0.29, 0.717) is 10.0 Å². The molecule has 1 aromatic rings. The number of fused-ring (bicyclic) bond motifs is 1. The first-order valence-electron chi connectivity index (χ1n) is 3.94. The molecular formula is C9H6BrFO3. The lowest BCUT2D eigenvalue weighted by Gasteiger charge is -2.02. The molecule has 0 saturated heterocycles. The van der Waals surface area contributed by atoms with Crippen molar-refractivity contribution < 1.29 is 19.0 Å². The molecule has 2 rings (SSSR count). The van der Waals surface area contributed by atoms with Crippen LogP contribution in [-0.2, 0) is 4.79 Å². The van der Waals surface area contributed by atoms with Crippen molar-refractivity contribution in [3.05, 3.63) is 28.0 Å². The van der Waals surface area contributed by atoms with Gasteiger partial charge in [0, 0.05) is 10.0 Å². The molecule has 1 unspecified atom stereocenters. The first kappa shape index (κ1) is 9.45. The minimum absolute atomic E-state index is 0.00194. The molecule has 0 bridgehead atoms. The maximum absolute atomic E-state index is 13.2. The number of hydrogen-bond acceptors (Lipinski definition) is 2. The van der Waals surface area contributed by atoms with E-state index in [1.807, 2.05) is 0 Å². The van der Waals surface area contributed by atoms with Crippen LogP contribution >= 0.6 is 15.9 Å². The quantitative estimate of drug-likeness (QED) is 0.842. The van der Waals surface area contributed by atoms with Gasteiger partial charge in [-0.2, -0.15) is 0 Å². The fourth-order valence-electron chi connectivity index (χ4n) is 1.45. The summed E-state index contributed by atoms with van der Waals surface area (Å²) >= 11 is 3.10. The van der Waals surface area contributed by atoms with Crippen LogP contribution in [-0.4, -0.2) is 17.7 Å². The van der Waals surface area contributed by atoms with Crippen LogP contribution in [0.5, 0.6) is 5.75 Å². The average molecular weight is 261 g/mol. The third kappa shape index (κ3) is 1.37. The molecule has 0 fully saturated rings. The van der Waals surface area contributed by atoms with E-state index in [0.717, 1.165) is 0 Å². The summed E-state index contributed by atoms with van der Waals surface area (Å²) < 4.78 is 18.7. The third-order valence-electron chi connectivity index (χ3n) is 2.10. The molecule has 74 valence electrons. The number of carbonyl (C=O) groups is 1. The third-order valence-corrected chi connectivity index (χ3v) is 2.56. The predicted octanol–water partition coefficient (Wildman–Crippen LogP) is 2.15. The second-order valence-electron chi connectivity index (χ2n) is 3.01. The summed E-state index contributed by atoms with van der Waals surface area (Å²) in [5.41, 5.74) is 0.393. The van der Waals surface area contributed by atoms with Gasteiger partial charge in [0.05, 0.1) is 0 Å². The van der Waals surface area contributed by atoms with E-state index in [1.165, 1.54) is 6.07 Å². The highest BCUT2D eigenvalue weighted by Gasteiger charge is 2.32. The number of ether oxygens (including phenoxy) is 1. The zero-order valence-electron chi connectivity index (χ0n) is 6.96. The highest BCUT2D eigenvalue weighted by Crippen LogP contribution is 2.38. The second-order valence-corrected chi connectivity index (χ2v) is 3.92. The van der Waals surface area contributed by atoms with Crippen LogP contribution in [0.2, 0.25) is 0 Å². The van der Waals surface area contributed by atoms with Gasteiger partial charge < -0.3 is 9.84 Å². The van der Waals surface area contributed by atoms with Crippen molar-refractivity contribution in [1.82, 2.24) is 0 Å². The number of halogens is 2. The van der Waals surface area contributed by atoms with Crippen LogP contribution in [0.3, 0.4) is 0 Å². The van der Waals surface area contributed by atoms with E-state index < -0.39 is 17.7 Å². The fraction of sp³-hybridized carbons (Fsp3) is 0.222. The van der Waals surface area contributed by atoms with Crippen LogP contribution in [0.15, 0.2) is 16.6 Å². The zero-order chi connectivity index (χ0) is 10.3. The summed E-state index contributed by atoms with van der Waals surface area (Å²) in [7, 11) is 0. The molecule has 14 heavy (non-hydrogen) atoms. The summed E-state index contributed by atoms with van der Waals surface area (Å²) in [6.45, 7) is -0.00194. The maximum atomic E-state index is 13.2. The van der Waals surface area contributed by atoms with Crippen molar-refractivity contribution in [3.8, 4) is 5.75 Å². The van der Waals surface area contributed by atoms with Crippen molar-refractivity contribution in [2.45, 2.75) is 5.92 Å². The number of carboxylic acid groups (broad SMARTS) is 1. The van der Waals surface area contributed by atoms with Crippen LogP contribution in [0, 0.1) is 5.82 Å². The topological polar surface area (TPSA) is 46.5 Å². The smallest absolute Gasteiger partial charge is 0.314 e. The van der Waals surface area contributed by atoms with E-state index >= 15 is 0 Å². The van der Waals surface area contributed by atoms with E-state index in [4.69, 9.17) is 9.84 Å². The van der Waals surface area contributed by atoms with E-state index in [1.54, 1.807) is 6.07 Å². The van der Waals surface area contributed by atoms with Gasteiger partial charge in [0.2, 0.25) is 0 Å². The largest absolute Gasteiger partial charge is 0.489 e. The van der Waals surface area contributed by atoms with Gasteiger partial charge in [-0.1, -0.05) is 15.9 Å². The molecule has 1 aliphatic rings. The molecule has 5 heteroatoms. The van der Waals surface area contributed by atoms with Crippen molar-refractivity contribution >= 4 is 21.9 Å². The Hall–Kier alpha value is -1.10. The normalized spacial score (nSPS) is 18.9. The summed E-state index contributed by atoms with van der Waals surface area (Å²) in [5, 5.41) is 8.82. The van der Waals surface area contributed by atoms with Gasteiger partial charge in [0.15, 0.2) is 11.6 Å². The lowest BCUT2D eigenvalue weighted by molar-refractivity contribution is -0.138. The minimum atomic E-state index is -0.999. The Morgan fingerprint density at radius 1 is 1.64 bits per heavy atom. The molecule has 0 aliphatic carbocycles. The average Bonchev–Trinajstić information content (AvgIpc) is 2.47. The van der Waals surface area contributed by atoms with Gasteiger partial charge in [0.1, 0.15) is 12.5 Å². The molecule has 0 spiro atoms. The molecule has 0 radical (unpaired) electrons. The predicted molar refractivity (Wildman–Crippen MR) is 50.0 cm³/mol. The number of carboxylic acids is 1. The zero-order valence-corrected chi connectivity index (χ0v) is 8.54. The Kier molecular flexibility index (Phi) is 2.19. The van der Waals surface area contributed by atoms with Crippen LogP contribution in [0.1, 0.15) is 11.5 Å². The first-order valence-corrected chi connectivity index (χ1v) is 4.73. The SMILES string of the molecule is O=C(O)C1COc2c(F)cc(Br)cc21. The minimum Gasteiger partial charge on any atom is -0.489 e. The Morgan fingerprint density at radius 2 is 2.36 bits per heavy atom. The Morgan fingerprint density at radius 3 is 3.00 bits per heavy atom. The molecule has 1 atom stereocenters. The summed E-state index contributed by atoms with van der Waals surface area (Å²) in [4.78, 5) is 10.8. The van der Waals surface area contributed by atoms with Crippen LogP contribution in [0.25, 0.3) is 0 Å². The van der Waals surface area contributed by atoms with Crippen molar-refractivity contribution in [2.75, 3.05) is 6.61 Å². The van der Waals surface area contributed by atoms with Gasteiger partial charge >= 0.3 is 5.97 Å². The molecule has 1 aliphatic heterocycles. The van der Waals surface area contributed by atoms with Gasteiger partial charge in [-0.15, -0.1) is 0 Å². The molecule has 0 aromatic heterocycles. The summed E-state index contributed by atoms with van der Waals surface area (Å²) in [5.74, 6) is -2.24. The molecule has 1 heterocycles. The van der Waals surface area contributed by atoms with E-state index in [2.05, 4.69) is 15.9 Å². The summed E-state index contributed by atoms with van der Waals surface area (Å²) in [6.07, 6.45) is 0. The van der Waals surface area contributed by atoms with Gasteiger partial charge in [0.25, 0.3) is 0 Å². The Labute approximate surface area is 87.6 Å². The second kappa shape index (κ2) is 3.24. The highest BCUT2D eigenvalue weighted by molar-refractivity contribution is 9.10. The maximum Gasteiger partial charge on any atom is 0.314 e. The molecule has 3 nitrogen and oxygen atoms in total. The first-order chi connectivity index (χ1) is 6.59. The number of rotatable bonds is 1.